The first-order valence-electron chi connectivity index (χ1n) is 15.1. The molecule has 0 bridgehead atoms. The maximum Gasteiger partial charge on any atom is 0.416 e. The SMILES string of the molecule is CC(C)[C@@H]1CCCN1Cc1sc(NC(=O)c2cnc(N3CCN(CCC(=O)O)CC3)cn2)nc1-c1cc(C#N)cc(C(F)(F)F)c1. The molecule has 2 aromatic heterocycles. The highest BCUT2D eigenvalue weighted by molar-refractivity contribution is 7.16. The van der Waals surface area contributed by atoms with Gasteiger partial charge in [-0.05, 0) is 43.5 Å². The fourth-order valence-corrected chi connectivity index (χ4v) is 6.94. The van der Waals surface area contributed by atoms with Crippen LogP contribution in [0.2, 0.25) is 0 Å². The first kappa shape index (κ1) is 33.2. The van der Waals surface area contributed by atoms with Gasteiger partial charge in [-0.25, -0.2) is 15.0 Å². The van der Waals surface area contributed by atoms with E-state index in [1.165, 1.54) is 29.8 Å². The summed E-state index contributed by atoms with van der Waals surface area (Å²) in [5, 5.41) is 21.3. The summed E-state index contributed by atoms with van der Waals surface area (Å²) < 4.78 is 41.2. The van der Waals surface area contributed by atoms with E-state index in [-0.39, 0.29) is 28.4 Å². The normalized spacial score (nSPS) is 17.8. The largest absolute Gasteiger partial charge is 0.481 e. The van der Waals surface area contributed by atoms with Crippen molar-refractivity contribution in [2.75, 3.05) is 49.5 Å². The van der Waals surface area contributed by atoms with Crippen molar-refractivity contribution < 1.29 is 27.9 Å². The van der Waals surface area contributed by atoms with Crippen LogP contribution >= 0.6 is 11.3 Å². The highest BCUT2D eigenvalue weighted by Crippen LogP contribution is 2.38. The van der Waals surface area contributed by atoms with Crippen molar-refractivity contribution in [1.29, 1.82) is 5.26 Å². The molecule has 244 valence electrons. The molecule has 0 aliphatic carbocycles. The van der Waals surface area contributed by atoms with Gasteiger partial charge in [0.25, 0.3) is 5.91 Å². The molecule has 0 saturated carbocycles. The summed E-state index contributed by atoms with van der Waals surface area (Å²) >= 11 is 1.19. The molecule has 2 aliphatic heterocycles. The van der Waals surface area contributed by atoms with Gasteiger partial charge in [-0.15, -0.1) is 0 Å². The number of anilines is 2. The van der Waals surface area contributed by atoms with Crippen LogP contribution < -0.4 is 10.2 Å². The molecule has 15 heteroatoms. The number of piperazine rings is 1. The molecule has 2 aliphatic rings. The fraction of sp³-hybridized carbons (Fsp3) is 0.484. The quantitative estimate of drug-likeness (QED) is 0.308. The molecule has 5 rings (SSSR count). The second-order valence-electron chi connectivity index (χ2n) is 11.8. The summed E-state index contributed by atoms with van der Waals surface area (Å²) in [6.45, 7) is 8.70. The molecule has 1 atom stereocenters. The number of hydrogen-bond donors (Lipinski definition) is 2. The monoisotopic (exact) mass is 656 g/mol. The van der Waals surface area contributed by atoms with E-state index in [0.717, 1.165) is 31.5 Å². The second kappa shape index (κ2) is 14.1. The number of amides is 1. The molecule has 2 N–H and O–H groups in total. The van der Waals surface area contributed by atoms with Crippen molar-refractivity contribution in [2.45, 2.75) is 51.9 Å². The Hall–Kier alpha value is -4.13. The molecule has 2 saturated heterocycles. The lowest BCUT2D eigenvalue weighted by molar-refractivity contribution is -0.138. The number of hydrogen-bond acceptors (Lipinski definition) is 10. The van der Waals surface area contributed by atoms with Gasteiger partial charge in [-0.3, -0.25) is 24.7 Å². The third kappa shape index (κ3) is 7.98. The van der Waals surface area contributed by atoms with Crippen LogP contribution in [0.4, 0.5) is 24.1 Å². The van der Waals surface area contributed by atoms with Crippen LogP contribution in [-0.2, 0) is 17.5 Å². The number of carbonyl (C=O) groups is 2. The van der Waals surface area contributed by atoms with Crippen LogP contribution in [-0.4, -0.2) is 87.0 Å². The van der Waals surface area contributed by atoms with Gasteiger partial charge in [0.1, 0.15) is 11.5 Å². The number of thiazole rings is 1. The van der Waals surface area contributed by atoms with E-state index in [4.69, 9.17) is 5.11 Å². The predicted octanol–water partition coefficient (Wildman–Crippen LogP) is 4.96. The minimum absolute atomic E-state index is 0.0485. The Kier molecular flexibility index (Phi) is 10.2. The van der Waals surface area contributed by atoms with Crippen LogP contribution in [0.25, 0.3) is 11.3 Å². The van der Waals surface area contributed by atoms with Crippen LogP contribution in [0, 0.1) is 17.2 Å². The molecular formula is C31H35F3N8O3S. The average molecular weight is 657 g/mol. The first-order valence-corrected chi connectivity index (χ1v) is 15.9. The zero-order valence-corrected chi connectivity index (χ0v) is 26.4. The highest BCUT2D eigenvalue weighted by Gasteiger charge is 2.33. The van der Waals surface area contributed by atoms with E-state index < -0.39 is 23.6 Å². The summed E-state index contributed by atoms with van der Waals surface area (Å²) in [5.41, 5.74) is -0.573. The molecule has 46 heavy (non-hydrogen) atoms. The van der Waals surface area contributed by atoms with Crippen molar-refractivity contribution in [2.24, 2.45) is 5.92 Å². The Labute approximate surface area is 268 Å². The van der Waals surface area contributed by atoms with Gasteiger partial charge in [0.15, 0.2) is 5.13 Å². The van der Waals surface area contributed by atoms with E-state index in [0.29, 0.717) is 67.6 Å². The van der Waals surface area contributed by atoms with Crippen LogP contribution in [0.5, 0.6) is 0 Å². The molecule has 4 heterocycles. The van der Waals surface area contributed by atoms with Gasteiger partial charge in [0.2, 0.25) is 0 Å². The molecule has 0 unspecified atom stereocenters. The maximum atomic E-state index is 13.7. The zero-order chi connectivity index (χ0) is 33.0. The molecule has 11 nitrogen and oxygen atoms in total. The summed E-state index contributed by atoms with van der Waals surface area (Å²) in [6, 6.07) is 5.32. The number of nitrogens with one attached hydrogen (secondary N) is 1. The third-order valence-corrected chi connectivity index (χ3v) is 9.28. The highest BCUT2D eigenvalue weighted by atomic mass is 32.1. The van der Waals surface area contributed by atoms with Crippen LogP contribution in [0.15, 0.2) is 30.6 Å². The standard InChI is InChI=1S/C31H35F3N8O3S/c1-19(2)24-4-3-6-42(24)18-25-28(21-12-20(15-35)13-22(14-21)31(32,33)34)38-30(46-25)39-29(45)23-16-37-26(17-36-23)41-10-8-40(9-11-41)7-5-27(43)44/h12-14,16-17,19,24H,3-11,18H2,1-2H3,(H,43,44)(H,38,39,45)/t24-/m0/s1. The van der Waals surface area contributed by atoms with Crippen molar-refractivity contribution >= 4 is 34.2 Å². The Morgan fingerprint density at radius 2 is 1.89 bits per heavy atom. The van der Waals surface area contributed by atoms with E-state index in [1.807, 2.05) is 11.0 Å². The van der Waals surface area contributed by atoms with E-state index in [2.05, 4.69) is 43.9 Å². The van der Waals surface area contributed by atoms with E-state index in [1.54, 1.807) is 0 Å². The number of aromatic nitrogens is 3. The number of alkyl halides is 3. The van der Waals surface area contributed by atoms with Crippen LogP contribution in [0.1, 0.15) is 59.6 Å². The molecular weight excluding hydrogens is 621 g/mol. The number of nitriles is 1. The first-order chi connectivity index (χ1) is 21.9. The molecule has 0 spiro atoms. The number of aliphatic carboxylic acids is 1. The predicted molar refractivity (Wildman–Crippen MR) is 166 cm³/mol. The molecule has 3 aromatic rings. The van der Waals surface area contributed by atoms with Crippen molar-refractivity contribution in [3.05, 3.63) is 52.3 Å². The Balaban J connectivity index is 1.35. The molecule has 0 radical (unpaired) electrons. The van der Waals surface area contributed by atoms with Gasteiger partial charge < -0.3 is 10.0 Å². The lowest BCUT2D eigenvalue weighted by Crippen LogP contribution is -2.47. The summed E-state index contributed by atoms with van der Waals surface area (Å²) in [5.74, 6) is -0.412. The topological polar surface area (TPSA) is 139 Å². The van der Waals surface area contributed by atoms with E-state index >= 15 is 0 Å². The average Bonchev–Trinajstić information content (AvgIpc) is 3.67. The fourth-order valence-electron chi connectivity index (χ4n) is 5.94. The Morgan fingerprint density at radius 1 is 1.13 bits per heavy atom. The Morgan fingerprint density at radius 3 is 2.52 bits per heavy atom. The minimum atomic E-state index is -4.65. The lowest BCUT2D eigenvalue weighted by atomic mass is 10.0. The number of halogens is 3. The smallest absolute Gasteiger partial charge is 0.416 e. The number of rotatable bonds is 10. The van der Waals surface area contributed by atoms with Crippen molar-refractivity contribution in [1.82, 2.24) is 24.8 Å². The summed E-state index contributed by atoms with van der Waals surface area (Å²) in [4.78, 5) is 44.4. The van der Waals surface area contributed by atoms with Crippen molar-refractivity contribution in [3.63, 3.8) is 0 Å². The minimum Gasteiger partial charge on any atom is -0.481 e. The number of benzene rings is 1. The number of nitrogens with zero attached hydrogens (tertiary/aromatic N) is 7. The zero-order valence-electron chi connectivity index (χ0n) is 25.5. The van der Waals surface area contributed by atoms with Gasteiger partial charge in [-0.2, -0.15) is 18.4 Å². The van der Waals surface area contributed by atoms with Gasteiger partial charge in [0.05, 0.1) is 41.7 Å². The number of carboxylic acid groups (broad SMARTS) is 1. The number of likely N-dealkylation sites (tertiary alicyclic amines) is 1. The second-order valence-corrected chi connectivity index (χ2v) is 12.9. The maximum absolute atomic E-state index is 13.7. The Bertz CT molecular complexity index is 1600. The number of carbonyl (C=O) groups excluding carboxylic acids is 1. The lowest BCUT2D eigenvalue weighted by Gasteiger charge is -2.34. The third-order valence-electron chi connectivity index (χ3n) is 8.32. The number of carboxylic acids is 1. The van der Waals surface area contributed by atoms with Crippen molar-refractivity contribution in [3.8, 4) is 17.3 Å². The molecule has 1 amide bonds. The van der Waals surface area contributed by atoms with Gasteiger partial charge in [0, 0.05) is 55.8 Å². The summed E-state index contributed by atoms with van der Waals surface area (Å²) in [7, 11) is 0. The van der Waals surface area contributed by atoms with Crippen LogP contribution in [0.3, 0.4) is 0 Å². The summed E-state index contributed by atoms with van der Waals surface area (Å²) in [6.07, 6.45) is 0.339. The molecule has 1 aromatic carbocycles. The van der Waals surface area contributed by atoms with E-state index in [9.17, 15) is 28.0 Å². The van der Waals surface area contributed by atoms with Gasteiger partial charge >= 0.3 is 12.1 Å². The van der Waals surface area contributed by atoms with Gasteiger partial charge in [-0.1, -0.05) is 25.2 Å². The molecule has 2 fully saturated rings.